The molecule has 0 saturated carbocycles. The minimum Gasteiger partial charge on any atom is -0.476 e. The second kappa shape index (κ2) is 5.12. The Hall–Kier alpha value is -2.09. The molecule has 0 amide bonds. The molecular weight excluding hydrogens is 206 g/mol. The summed E-state index contributed by atoms with van der Waals surface area (Å²) in [6.07, 6.45) is 7.97. The zero-order valence-electron chi connectivity index (χ0n) is 9.14. The Morgan fingerprint density at radius 2 is 2.25 bits per heavy atom. The Labute approximate surface area is 93.9 Å². The fraction of sp³-hybridized carbons (Fsp3) is 0.364. The smallest absolute Gasteiger partial charge is 0.356 e. The molecule has 1 atom stereocenters. The summed E-state index contributed by atoms with van der Waals surface area (Å²) in [5.74, 6) is 2.05. The number of anilines is 1. The largest absolute Gasteiger partial charge is 0.476 e. The quantitative estimate of drug-likeness (QED) is 0.745. The van der Waals surface area contributed by atoms with Crippen molar-refractivity contribution in [2.75, 3.05) is 5.32 Å². The molecule has 0 bridgehead atoms. The topological polar surface area (TPSA) is 75.1 Å². The van der Waals surface area contributed by atoms with Gasteiger partial charge in [-0.15, -0.1) is 6.42 Å². The third-order valence-electron chi connectivity index (χ3n) is 2.00. The number of aromatic carboxylic acids is 1. The molecule has 1 heterocycles. The number of hydrogen-bond acceptors (Lipinski definition) is 4. The van der Waals surface area contributed by atoms with Crippen molar-refractivity contribution in [3.05, 3.63) is 18.1 Å². The summed E-state index contributed by atoms with van der Waals surface area (Å²) in [6.45, 7) is 3.93. The van der Waals surface area contributed by atoms with Crippen molar-refractivity contribution >= 4 is 11.8 Å². The van der Waals surface area contributed by atoms with E-state index in [1.165, 1.54) is 12.4 Å². The molecule has 0 aliphatic rings. The first-order valence-electron chi connectivity index (χ1n) is 4.82. The Bertz CT molecular complexity index is 423. The van der Waals surface area contributed by atoms with Crippen molar-refractivity contribution in [1.82, 2.24) is 9.97 Å². The van der Waals surface area contributed by atoms with E-state index < -0.39 is 5.97 Å². The number of rotatable bonds is 4. The van der Waals surface area contributed by atoms with Crippen LogP contribution in [0.2, 0.25) is 0 Å². The lowest BCUT2D eigenvalue weighted by Gasteiger charge is -2.16. The summed E-state index contributed by atoms with van der Waals surface area (Å²) in [5.41, 5.74) is -0.107. The molecular formula is C11H13N3O2. The third-order valence-corrected chi connectivity index (χ3v) is 2.00. The molecule has 0 aliphatic carbocycles. The molecule has 0 spiro atoms. The molecule has 5 heteroatoms. The highest BCUT2D eigenvalue weighted by molar-refractivity contribution is 5.85. The third kappa shape index (κ3) is 2.95. The molecule has 0 radical (unpaired) electrons. The van der Waals surface area contributed by atoms with Crippen molar-refractivity contribution in [1.29, 1.82) is 0 Å². The van der Waals surface area contributed by atoms with Crippen LogP contribution < -0.4 is 5.32 Å². The first-order chi connectivity index (χ1) is 7.54. The maximum absolute atomic E-state index is 10.7. The lowest BCUT2D eigenvalue weighted by atomic mass is 10.1. The van der Waals surface area contributed by atoms with Gasteiger partial charge >= 0.3 is 5.97 Å². The van der Waals surface area contributed by atoms with E-state index >= 15 is 0 Å². The van der Waals surface area contributed by atoms with Gasteiger partial charge in [0, 0.05) is 0 Å². The Balaban J connectivity index is 2.86. The molecule has 2 N–H and O–H groups in total. The van der Waals surface area contributed by atoms with Crippen LogP contribution >= 0.6 is 0 Å². The average molecular weight is 219 g/mol. The van der Waals surface area contributed by atoms with Crippen LogP contribution in [-0.4, -0.2) is 27.1 Å². The molecule has 1 rings (SSSR count). The Morgan fingerprint density at radius 3 is 2.75 bits per heavy atom. The summed E-state index contributed by atoms with van der Waals surface area (Å²) in [4.78, 5) is 18.3. The van der Waals surface area contributed by atoms with Gasteiger partial charge in [-0.25, -0.2) is 9.78 Å². The molecule has 16 heavy (non-hydrogen) atoms. The van der Waals surface area contributed by atoms with E-state index in [4.69, 9.17) is 11.5 Å². The van der Waals surface area contributed by atoms with Gasteiger partial charge in [-0.1, -0.05) is 19.8 Å². The van der Waals surface area contributed by atoms with Gasteiger partial charge in [0.05, 0.1) is 18.4 Å². The summed E-state index contributed by atoms with van der Waals surface area (Å²) >= 11 is 0. The van der Waals surface area contributed by atoms with Gasteiger partial charge < -0.3 is 10.4 Å². The fourth-order valence-corrected chi connectivity index (χ4v) is 1.10. The molecule has 5 nitrogen and oxygen atoms in total. The lowest BCUT2D eigenvalue weighted by molar-refractivity contribution is 0.0690. The van der Waals surface area contributed by atoms with Gasteiger partial charge in [0.1, 0.15) is 5.82 Å². The fourth-order valence-electron chi connectivity index (χ4n) is 1.10. The molecule has 0 saturated heterocycles. The van der Waals surface area contributed by atoms with Crippen LogP contribution in [0.1, 0.15) is 24.3 Å². The van der Waals surface area contributed by atoms with E-state index in [1.54, 1.807) is 0 Å². The standard InChI is InChI=1S/C11H13N3O2/c1-4-8(7(2)3)13-10-6-12-5-9(14-10)11(15)16/h1,5-8H,2-3H3,(H,13,14)(H,15,16). The summed E-state index contributed by atoms with van der Waals surface area (Å²) in [5, 5.41) is 11.7. The van der Waals surface area contributed by atoms with Gasteiger partial charge in [-0.2, -0.15) is 0 Å². The normalized spacial score (nSPS) is 11.9. The second-order valence-electron chi connectivity index (χ2n) is 3.63. The number of carboxylic acid groups (broad SMARTS) is 1. The van der Waals surface area contributed by atoms with Crippen molar-refractivity contribution in [3.63, 3.8) is 0 Å². The van der Waals surface area contributed by atoms with Gasteiger partial charge in [-0.05, 0) is 5.92 Å². The molecule has 0 fully saturated rings. The van der Waals surface area contributed by atoms with Crippen LogP contribution in [0, 0.1) is 18.3 Å². The van der Waals surface area contributed by atoms with E-state index in [0.29, 0.717) is 5.82 Å². The van der Waals surface area contributed by atoms with E-state index in [0.717, 1.165) is 0 Å². The number of carbonyl (C=O) groups is 1. The highest BCUT2D eigenvalue weighted by Crippen LogP contribution is 2.09. The van der Waals surface area contributed by atoms with Crippen molar-refractivity contribution in [3.8, 4) is 12.3 Å². The second-order valence-corrected chi connectivity index (χ2v) is 3.63. The molecule has 1 aromatic heterocycles. The maximum Gasteiger partial charge on any atom is 0.356 e. The van der Waals surface area contributed by atoms with E-state index in [2.05, 4.69) is 21.2 Å². The van der Waals surface area contributed by atoms with Crippen molar-refractivity contribution < 1.29 is 9.90 Å². The minimum absolute atomic E-state index is 0.107. The van der Waals surface area contributed by atoms with Crippen molar-refractivity contribution in [2.45, 2.75) is 19.9 Å². The van der Waals surface area contributed by atoms with Crippen LogP contribution in [0.4, 0.5) is 5.82 Å². The van der Waals surface area contributed by atoms with E-state index in [1.807, 2.05) is 13.8 Å². The Morgan fingerprint density at radius 1 is 1.56 bits per heavy atom. The maximum atomic E-state index is 10.7. The zero-order valence-corrected chi connectivity index (χ0v) is 9.14. The number of aromatic nitrogens is 2. The monoisotopic (exact) mass is 219 g/mol. The number of nitrogens with one attached hydrogen (secondary N) is 1. The highest BCUT2D eigenvalue weighted by atomic mass is 16.4. The van der Waals surface area contributed by atoms with Crippen LogP contribution in [0.3, 0.4) is 0 Å². The molecule has 1 aromatic rings. The van der Waals surface area contributed by atoms with E-state index in [-0.39, 0.29) is 17.7 Å². The van der Waals surface area contributed by atoms with E-state index in [9.17, 15) is 4.79 Å². The number of hydrogen-bond donors (Lipinski definition) is 2. The van der Waals surface area contributed by atoms with Gasteiger partial charge in [0.2, 0.25) is 0 Å². The zero-order chi connectivity index (χ0) is 12.1. The predicted molar refractivity (Wildman–Crippen MR) is 60.1 cm³/mol. The number of terminal acetylenes is 1. The van der Waals surface area contributed by atoms with Gasteiger partial charge in [-0.3, -0.25) is 4.98 Å². The van der Waals surface area contributed by atoms with Crippen LogP contribution in [0.25, 0.3) is 0 Å². The van der Waals surface area contributed by atoms with Gasteiger partial charge in [0.15, 0.2) is 5.69 Å². The predicted octanol–water partition coefficient (Wildman–Crippen LogP) is 1.24. The summed E-state index contributed by atoms with van der Waals surface area (Å²) in [7, 11) is 0. The van der Waals surface area contributed by atoms with Gasteiger partial charge in [0.25, 0.3) is 0 Å². The van der Waals surface area contributed by atoms with Crippen LogP contribution in [0.5, 0.6) is 0 Å². The van der Waals surface area contributed by atoms with Crippen molar-refractivity contribution in [2.24, 2.45) is 5.92 Å². The minimum atomic E-state index is -1.11. The SMILES string of the molecule is C#CC(Nc1cncc(C(=O)O)n1)C(C)C. The van der Waals surface area contributed by atoms with Crippen LogP contribution in [-0.2, 0) is 0 Å². The molecule has 0 aliphatic heterocycles. The van der Waals surface area contributed by atoms with Crippen LogP contribution in [0.15, 0.2) is 12.4 Å². The number of carboxylic acids is 1. The summed E-state index contributed by atoms with van der Waals surface area (Å²) < 4.78 is 0. The Kier molecular flexibility index (Phi) is 3.84. The first kappa shape index (κ1) is 12.0. The lowest BCUT2D eigenvalue weighted by Crippen LogP contribution is -2.24. The summed E-state index contributed by atoms with van der Waals surface area (Å²) in [6, 6.07) is -0.196. The number of nitrogens with zero attached hydrogens (tertiary/aromatic N) is 2. The molecule has 1 unspecified atom stereocenters. The molecule has 0 aromatic carbocycles. The first-order valence-corrected chi connectivity index (χ1v) is 4.82. The average Bonchev–Trinajstić information content (AvgIpc) is 2.25. The molecule has 84 valence electrons. The highest BCUT2D eigenvalue weighted by Gasteiger charge is 2.12.